The summed E-state index contributed by atoms with van der Waals surface area (Å²) in [5.41, 5.74) is 1.13. The first-order chi connectivity index (χ1) is 11.6. The van der Waals surface area contributed by atoms with Gasteiger partial charge in [0, 0.05) is 6.04 Å². The van der Waals surface area contributed by atoms with Gasteiger partial charge in [-0.15, -0.1) is 0 Å². The maximum atomic E-state index is 13.6. The highest BCUT2D eigenvalue weighted by Gasteiger charge is 2.21. The molecule has 0 aliphatic carbocycles. The van der Waals surface area contributed by atoms with Crippen LogP contribution >= 0.6 is 0 Å². The van der Waals surface area contributed by atoms with Crippen LogP contribution < -0.4 is 15.4 Å². The molecule has 0 radical (unpaired) electrons. The molecular formula is C18H20FN3O2. The van der Waals surface area contributed by atoms with Crippen LogP contribution in [0.4, 0.5) is 4.39 Å². The maximum Gasteiger partial charge on any atom is 0.257 e. The summed E-state index contributed by atoms with van der Waals surface area (Å²) in [7, 11) is 0. The van der Waals surface area contributed by atoms with E-state index in [0.717, 1.165) is 43.8 Å². The second-order valence-electron chi connectivity index (χ2n) is 5.92. The molecule has 0 bridgehead atoms. The summed E-state index contributed by atoms with van der Waals surface area (Å²) >= 11 is 0. The van der Waals surface area contributed by atoms with E-state index in [2.05, 4.69) is 15.6 Å². The number of hydrogen-bond donors (Lipinski definition) is 2. The van der Waals surface area contributed by atoms with Crippen LogP contribution in [-0.4, -0.2) is 30.0 Å². The number of aryl methyl sites for hydroxylation is 1. The third-order valence-corrected chi connectivity index (χ3v) is 3.94. The second kappa shape index (κ2) is 7.40. The van der Waals surface area contributed by atoms with Gasteiger partial charge in [-0.3, -0.25) is 4.79 Å². The van der Waals surface area contributed by atoms with E-state index in [1.165, 1.54) is 0 Å². The summed E-state index contributed by atoms with van der Waals surface area (Å²) in [6.07, 6.45) is 2.75. The quantitative estimate of drug-likeness (QED) is 0.905. The number of amides is 1. The fourth-order valence-electron chi connectivity index (χ4n) is 2.69. The normalized spacial score (nSPS) is 15.1. The summed E-state index contributed by atoms with van der Waals surface area (Å²) in [5.74, 6) is -0.267. The van der Waals surface area contributed by atoms with E-state index in [9.17, 15) is 9.18 Å². The van der Waals surface area contributed by atoms with Gasteiger partial charge in [0.2, 0.25) is 5.88 Å². The van der Waals surface area contributed by atoms with Crippen molar-refractivity contribution in [3.63, 3.8) is 0 Å². The molecule has 0 unspecified atom stereocenters. The number of pyridine rings is 1. The number of aromatic nitrogens is 1. The van der Waals surface area contributed by atoms with Crippen LogP contribution in [0.15, 0.2) is 36.5 Å². The number of ether oxygens (including phenoxy) is 1. The molecule has 5 nitrogen and oxygen atoms in total. The van der Waals surface area contributed by atoms with Crippen molar-refractivity contribution in [2.75, 3.05) is 13.1 Å². The lowest BCUT2D eigenvalue weighted by Gasteiger charge is -2.24. The molecule has 0 atom stereocenters. The van der Waals surface area contributed by atoms with E-state index in [1.807, 2.05) is 25.1 Å². The van der Waals surface area contributed by atoms with Crippen LogP contribution in [0.25, 0.3) is 0 Å². The predicted octanol–water partition coefficient (Wildman–Crippen LogP) is 2.80. The van der Waals surface area contributed by atoms with Gasteiger partial charge in [-0.25, -0.2) is 9.37 Å². The highest BCUT2D eigenvalue weighted by Crippen LogP contribution is 2.24. The van der Waals surface area contributed by atoms with Crippen LogP contribution in [0, 0.1) is 12.7 Å². The second-order valence-corrected chi connectivity index (χ2v) is 5.92. The third kappa shape index (κ3) is 4.08. The van der Waals surface area contributed by atoms with Crippen molar-refractivity contribution in [2.24, 2.45) is 0 Å². The molecule has 2 N–H and O–H groups in total. The molecule has 2 heterocycles. The summed E-state index contributed by atoms with van der Waals surface area (Å²) in [5, 5.41) is 6.17. The molecule has 2 aromatic rings. The van der Waals surface area contributed by atoms with Gasteiger partial charge >= 0.3 is 0 Å². The Bertz CT molecular complexity index is 730. The van der Waals surface area contributed by atoms with Crippen LogP contribution in [0.2, 0.25) is 0 Å². The highest BCUT2D eigenvalue weighted by molar-refractivity contribution is 5.96. The molecule has 1 aromatic heterocycles. The number of benzene rings is 1. The molecule has 3 rings (SSSR count). The van der Waals surface area contributed by atoms with Crippen LogP contribution in [0.1, 0.15) is 28.8 Å². The minimum absolute atomic E-state index is 0.0776. The van der Waals surface area contributed by atoms with Gasteiger partial charge in [-0.05, 0) is 56.6 Å². The molecule has 0 spiro atoms. The van der Waals surface area contributed by atoms with Crippen molar-refractivity contribution in [1.82, 2.24) is 15.6 Å². The Hall–Kier alpha value is -2.47. The maximum absolute atomic E-state index is 13.6. The Morgan fingerprint density at radius 1 is 1.33 bits per heavy atom. The van der Waals surface area contributed by atoms with Gasteiger partial charge in [0.1, 0.15) is 17.1 Å². The van der Waals surface area contributed by atoms with Gasteiger partial charge in [0.25, 0.3) is 5.91 Å². The first-order valence-corrected chi connectivity index (χ1v) is 8.03. The molecule has 1 saturated heterocycles. The highest BCUT2D eigenvalue weighted by atomic mass is 19.1. The van der Waals surface area contributed by atoms with Crippen molar-refractivity contribution in [2.45, 2.75) is 25.8 Å². The predicted molar refractivity (Wildman–Crippen MR) is 88.8 cm³/mol. The summed E-state index contributed by atoms with van der Waals surface area (Å²) in [6, 6.07) is 8.63. The van der Waals surface area contributed by atoms with Gasteiger partial charge < -0.3 is 15.4 Å². The average Bonchev–Trinajstić information content (AvgIpc) is 2.57. The number of nitrogens with zero attached hydrogens (tertiary/aromatic N) is 1. The van der Waals surface area contributed by atoms with E-state index in [4.69, 9.17) is 4.74 Å². The molecular weight excluding hydrogens is 309 g/mol. The van der Waals surface area contributed by atoms with Crippen molar-refractivity contribution in [3.8, 4) is 11.6 Å². The SMILES string of the molecule is Cc1cccc(Oc2ncc(F)cc2C(=O)NC2CCNCC2)c1. The molecule has 1 aromatic carbocycles. The standard InChI is InChI=1S/C18H20FN3O2/c1-12-3-2-4-15(9-12)24-18-16(10-13(19)11-21-18)17(23)22-14-5-7-20-8-6-14/h2-4,9-11,14,20H,5-8H2,1H3,(H,22,23). The minimum Gasteiger partial charge on any atom is -0.438 e. The largest absolute Gasteiger partial charge is 0.438 e. The van der Waals surface area contributed by atoms with Gasteiger partial charge in [-0.1, -0.05) is 12.1 Å². The molecule has 1 amide bonds. The number of piperidine rings is 1. The van der Waals surface area contributed by atoms with Crippen LogP contribution in [0.3, 0.4) is 0 Å². The van der Waals surface area contributed by atoms with E-state index >= 15 is 0 Å². The van der Waals surface area contributed by atoms with Gasteiger partial charge in [0.15, 0.2) is 0 Å². The molecule has 0 saturated carbocycles. The van der Waals surface area contributed by atoms with E-state index in [0.29, 0.717) is 5.75 Å². The topological polar surface area (TPSA) is 63.2 Å². The number of carbonyl (C=O) groups excluding carboxylic acids is 1. The van der Waals surface area contributed by atoms with E-state index in [1.54, 1.807) is 6.07 Å². The number of carbonyl (C=O) groups is 1. The summed E-state index contributed by atoms with van der Waals surface area (Å²) < 4.78 is 19.3. The lowest BCUT2D eigenvalue weighted by atomic mass is 10.1. The number of halogens is 1. The monoisotopic (exact) mass is 329 g/mol. The minimum atomic E-state index is -0.568. The fourth-order valence-corrected chi connectivity index (χ4v) is 2.69. The Morgan fingerprint density at radius 2 is 2.12 bits per heavy atom. The fraction of sp³-hybridized carbons (Fsp3) is 0.333. The van der Waals surface area contributed by atoms with E-state index in [-0.39, 0.29) is 23.4 Å². The lowest BCUT2D eigenvalue weighted by molar-refractivity contribution is 0.0926. The zero-order valence-electron chi connectivity index (χ0n) is 13.5. The van der Waals surface area contributed by atoms with Crippen molar-refractivity contribution in [3.05, 3.63) is 53.5 Å². The average molecular weight is 329 g/mol. The van der Waals surface area contributed by atoms with Crippen molar-refractivity contribution >= 4 is 5.91 Å². The van der Waals surface area contributed by atoms with Crippen LogP contribution in [-0.2, 0) is 0 Å². The number of nitrogens with one attached hydrogen (secondary N) is 2. The Balaban J connectivity index is 1.80. The molecule has 1 fully saturated rings. The molecule has 1 aliphatic rings. The molecule has 126 valence electrons. The summed E-state index contributed by atoms with van der Waals surface area (Å²) in [6.45, 7) is 3.66. The number of hydrogen-bond acceptors (Lipinski definition) is 4. The first kappa shape index (κ1) is 16.4. The molecule has 1 aliphatic heterocycles. The van der Waals surface area contributed by atoms with Crippen LogP contribution in [0.5, 0.6) is 11.6 Å². The Morgan fingerprint density at radius 3 is 2.88 bits per heavy atom. The van der Waals surface area contributed by atoms with Crippen molar-refractivity contribution in [1.29, 1.82) is 0 Å². The summed E-state index contributed by atoms with van der Waals surface area (Å²) in [4.78, 5) is 16.5. The Labute approximate surface area is 140 Å². The van der Waals surface area contributed by atoms with Crippen molar-refractivity contribution < 1.29 is 13.9 Å². The Kier molecular flexibility index (Phi) is 5.05. The smallest absolute Gasteiger partial charge is 0.257 e. The zero-order chi connectivity index (χ0) is 16.9. The zero-order valence-corrected chi connectivity index (χ0v) is 13.5. The molecule has 6 heteroatoms. The number of rotatable bonds is 4. The third-order valence-electron chi connectivity index (χ3n) is 3.94. The molecule has 24 heavy (non-hydrogen) atoms. The van der Waals surface area contributed by atoms with Gasteiger partial charge in [-0.2, -0.15) is 0 Å². The first-order valence-electron chi connectivity index (χ1n) is 8.03. The van der Waals surface area contributed by atoms with E-state index < -0.39 is 5.82 Å². The lowest BCUT2D eigenvalue weighted by Crippen LogP contribution is -2.42. The van der Waals surface area contributed by atoms with Gasteiger partial charge in [0.05, 0.1) is 6.20 Å².